The van der Waals surface area contributed by atoms with Gasteiger partial charge in [0.05, 0.1) is 0 Å². The molecule has 0 spiro atoms. The lowest BCUT2D eigenvalue weighted by molar-refractivity contribution is -0.138. The van der Waals surface area contributed by atoms with Gasteiger partial charge in [0, 0.05) is 23.3 Å². The van der Waals surface area contributed by atoms with E-state index in [2.05, 4.69) is 22.9 Å². The van der Waals surface area contributed by atoms with Crippen LogP contribution in [0.1, 0.15) is 34.1 Å². The van der Waals surface area contributed by atoms with Crippen molar-refractivity contribution >= 4 is 21.8 Å². The highest BCUT2D eigenvalue weighted by atomic mass is 79.9. The topological polar surface area (TPSA) is 20.3 Å². The quantitative estimate of drug-likeness (QED) is 0.665. The fourth-order valence-corrected chi connectivity index (χ4v) is 2.75. The van der Waals surface area contributed by atoms with E-state index < -0.39 is 0 Å². The summed E-state index contributed by atoms with van der Waals surface area (Å²) in [6, 6.07) is 0. The van der Waals surface area contributed by atoms with Crippen molar-refractivity contribution in [3.05, 3.63) is 0 Å². The van der Waals surface area contributed by atoms with Gasteiger partial charge < -0.3 is 4.90 Å². The van der Waals surface area contributed by atoms with Crippen LogP contribution in [0.3, 0.4) is 0 Å². The van der Waals surface area contributed by atoms with Gasteiger partial charge in [-0.15, -0.1) is 0 Å². The second-order valence-electron chi connectivity index (χ2n) is 5.14. The summed E-state index contributed by atoms with van der Waals surface area (Å²) >= 11 is 3.65. The number of halogens is 1. The van der Waals surface area contributed by atoms with Crippen molar-refractivity contribution in [3.8, 4) is 0 Å². The van der Waals surface area contributed by atoms with E-state index in [9.17, 15) is 4.79 Å². The molecule has 1 rings (SSSR count). The standard InChI is InChI=1S/C11H20BrNO/c1-5-8-6-13(7-9(8)12)10(14)11(2,3)4/h8-9H,5-7H2,1-4H3. The van der Waals surface area contributed by atoms with Crippen LogP contribution in [0.25, 0.3) is 0 Å². The minimum Gasteiger partial charge on any atom is -0.341 e. The van der Waals surface area contributed by atoms with E-state index in [-0.39, 0.29) is 11.3 Å². The van der Waals surface area contributed by atoms with Crippen LogP contribution in [0.5, 0.6) is 0 Å². The average Bonchev–Trinajstić information content (AvgIpc) is 2.43. The molecule has 0 aromatic rings. The van der Waals surface area contributed by atoms with Gasteiger partial charge >= 0.3 is 0 Å². The first-order chi connectivity index (χ1) is 6.36. The van der Waals surface area contributed by atoms with Crippen molar-refractivity contribution in [1.29, 1.82) is 0 Å². The van der Waals surface area contributed by atoms with Gasteiger partial charge in [-0.05, 0) is 5.92 Å². The lowest BCUT2D eigenvalue weighted by atomic mass is 9.95. The molecule has 2 unspecified atom stereocenters. The van der Waals surface area contributed by atoms with Gasteiger partial charge in [-0.2, -0.15) is 0 Å². The van der Waals surface area contributed by atoms with Crippen molar-refractivity contribution < 1.29 is 4.79 Å². The molecule has 82 valence electrons. The molecule has 0 aromatic carbocycles. The van der Waals surface area contributed by atoms with Crippen molar-refractivity contribution in [2.75, 3.05) is 13.1 Å². The minimum absolute atomic E-state index is 0.241. The number of amides is 1. The van der Waals surface area contributed by atoms with Gasteiger partial charge in [-0.1, -0.05) is 50.0 Å². The van der Waals surface area contributed by atoms with Crippen LogP contribution in [0.4, 0.5) is 0 Å². The Morgan fingerprint density at radius 3 is 2.36 bits per heavy atom. The summed E-state index contributed by atoms with van der Waals surface area (Å²) in [6.45, 7) is 9.93. The number of likely N-dealkylation sites (tertiary alicyclic amines) is 1. The molecule has 14 heavy (non-hydrogen) atoms. The third-order valence-electron chi connectivity index (χ3n) is 2.81. The third-order valence-corrected chi connectivity index (χ3v) is 3.85. The Balaban J connectivity index is 2.62. The van der Waals surface area contributed by atoms with Crippen molar-refractivity contribution in [1.82, 2.24) is 4.90 Å². The highest BCUT2D eigenvalue weighted by molar-refractivity contribution is 9.09. The molecule has 1 aliphatic rings. The van der Waals surface area contributed by atoms with Crippen LogP contribution < -0.4 is 0 Å². The van der Waals surface area contributed by atoms with E-state index in [0.29, 0.717) is 10.7 Å². The van der Waals surface area contributed by atoms with Gasteiger partial charge in [0.1, 0.15) is 0 Å². The van der Waals surface area contributed by atoms with Crippen LogP contribution in [0.15, 0.2) is 0 Å². The summed E-state index contributed by atoms with van der Waals surface area (Å²) in [5, 5.41) is 0. The molecule has 0 bridgehead atoms. The second kappa shape index (κ2) is 4.21. The van der Waals surface area contributed by atoms with E-state index in [0.717, 1.165) is 19.5 Å². The highest BCUT2D eigenvalue weighted by Gasteiger charge is 2.36. The predicted octanol–water partition coefficient (Wildman–Crippen LogP) is 2.66. The highest BCUT2D eigenvalue weighted by Crippen LogP contribution is 2.29. The van der Waals surface area contributed by atoms with Crippen molar-refractivity contribution in [3.63, 3.8) is 0 Å². The molecule has 1 heterocycles. The maximum atomic E-state index is 12.0. The fourth-order valence-electron chi connectivity index (χ4n) is 1.86. The monoisotopic (exact) mass is 261 g/mol. The molecule has 1 fully saturated rings. The Hall–Kier alpha value is -0.0500. The first kappa shape index (κ1) is 12.0. The Morgan fingerprint density at radius 1 is 1.43 bits per heavy atom. The number of alkyl halides is 1. The first-order valence-corrected chi connectivity index (χ1v) is 6.21. The smallest absolute Gasteiger partial charge is 0.227 e. The summed E-state index contributed by atoms with van der Waals surface area (Å²) in [5.74, 6) is 0.902. The molecule has 2 atom stereocenters. The van der Waals surface area contributed by atoms with Gasteiger partial charge in [0.15, 0.2) is 0 Å². The van der Waals surface area contributed by atoms with Gasteiger partial charge in [0.2, 0.25) is 5.91 Å². The van der Waals surface area contributed by atoms with Crippen LogP contribution >= 0.6 is 15.9 Å². The Morgan fingerprint density at radius 2 is 2.00 bits per heavy atom. The number of carbonyl (C=O) groups excluding carboxylic acids is 1. The van der Waals surface area contributed by atoms with Gasteiger partial charge in [-0.25, -0.2) is 0 Å². The van der Waals surface area contributed by atoms with Gasteiger partial charge in [-0.3, -0.25) is 4.79 Å². The Labute approximate surface area is 95.2 Å². The number of hydrogen-bond acceptors (Lipinski definition) is 1. The largest absolute Gasteiger partial charge is 0.341 e. The number of rotatable bonds is 1. The predicted molar refractivity (Wildman–Crippen MR) is 62.5 cm³/mol. The Kier molecular flexibility index (Phi) is 3.62. The summed E-state index contributed by atoms with van der Waals surface area (Å²) in [7, 11) is 0. The van der Waals surface area contributed by atoms with E-state index >= 15 is 0 Å². The van der Waals surface area contributed by atoms with E-state index in [1.165, 1.54) is 0 Å². The molecule has 0 aromatic heterocycles. The minimum atomic E-state index is -0.241. The van der Waals surface area contributed by atoms with Crippen LogP contribution in [-0.2, 0) is 4.79 Å². The summed E-state index contributed by atoms with van der Waals surface area (Å²) < 4.78 is 0. The van der Waals surface area contributed by atoms with E-state index in [1.807, 2.05) is 25.7 Å². The molecule has 1 saturated heterocycles. The Bertz CT molecular complexity index is 222. The molecule has 0 aliphatic carbocycles. The maximum absolute atomic E-state index is 12.0. The summed E-state index contributed by atoms with van der Waals surface area (Å²) in [5.41, 5.74) is -0.241. The normalized spacial score (nSPS) is 28.2. The van der Waals surface area contributed by atoms with Crippen LogP contribution in [0, 0.1) is 11.3 Å². The molecular formula is C11H20BrNO. The number of carbonyl (C=O) groups is 1. The van der Waals surface area contributed by atoms with E-state index in [1.54, 1.807) is 0 Å². The average molecular weight is 262 g/mol. The molecular weight excluding hydrogens is 242 g/mol. The molecule has 0 saturated carbocycles. The molecule has 0 N–H and O–H groups in total. The van der Waals surface area contributed by atoms with Crippen molar-refractivity contribution in [2.45, 2.75) is 38.9 Å². The lowest BCUT2D eigenvalue weighted by Gasteiger charge is -2.25. The maximum Gasteiger partial charge on any atom is 0.227 e. The second-order valence-corrected chi connectivity index (χ2v) is 6.32. The zero-order valence-corrected chi connectivity index (χ0v) is 11.1. The zero-order valence-electron chi connectivity index (χ0n) is 9.51. The summed E-state index contributed by atoms with van der Waals surface area (Å²) in [6.07, 6.45) is 1.14. The SMILES string of the molecule is CCC1CN(C(=O)C(C)(C)C)CC1Br. The molecule has 1 amide bonds. The van der Waals surface area contributed by atoms with Crippen LogP contribution in [-0.4, -0.2) is 28.7 Å². The van der Waals surface area contributed by atoms with E-state index in [4.69, 9.17) is 0 Å². The molecule has 2 nitrogen and oxygen atoms in total. The lowest BCUT2D eigenvalue weighted by Crippen LogP contribution is -2.38. The summed E-state index contributed by atoms with van der Waals surface area (Å²) in [4.78, 5) is 14.5. The molecule has 3 heteroatoms. The fraction of sp³-hybridized carbons (Fsp3) is 0.909. The number of hydrogen-bond donors (Lipinski definition) is 0. The first-order valence-electron chi connectivity index (χ1n) is 5.29. The van der Waals surface area contributed by atoms with Crippen LogP contribution in [0.2, 0.25) is 0 Å². The zero-order chi connectivity index (χ0) is 10.9. The molecule has 1 aliphatic heterocycles. The third kappa shape index (κ3) is 2.50. The van der Waals surface area contributed by atoms with Crippen molar-refractivity contribution in [2.24, 2.45) is 11.3 Å². The molecule has 0 radical (unpaired) electrons. The van der Waals surface area contributed by atoms with Gasteiger partial charge in [0.25, 0.3) is 0 Å². The number of nitrogens with zero attached hydrogens (tertiary/aromatic N) is 1.